The van der Waals surface area contributed by atoms with Gasteiger partial charge in [0.25, 0.3) is 5.89 Å². The van der Waals surface area contributed by atoms with Gasteiger partial charge in [0.2, 0.25) is 0 Å². The van der Waals surface area contributed by atoms with Gasteiger partial charge in [-0.1, -0.05) is 18.1 Å². The van der Waals surface area contributed by atoms with Crippen LogP contribution in [-0.2, 0) is 11.2 Å². The number of benzene rings is 1. The van der Waals surface area contributed by atoms with Gasteiger partial charge in [-0.15, -0.1) is 0 Å². The number of carboxylic acids is 1. The van der Waals surface area contributed by atoms with Crippen molar-refractivity contribution in [2.45, 2.75) is 52.5 Å². The van der Waals surface area contributed by atoms with Crippen molar-refractivity contribution < 1.29 is 19.2 Å². The summed E-state index contributed by atoms with van der Waals surface area (Å²) in [7, 11) is 0. The second-order valence-electron chi connectivity index (χ2n) is 6.76. The molecular formula is C18H24N4O4. The molecule has 0 atom stereocenters. The van der Waals surface area contributed by atoms with Crippen molar-refractivity contribution in [1.82, 2.24) is 15.5 Å². The average molecular weight is 360 g/mol. The zero-order chi connectivity index (χ0) is 19.3. The zero-order valence-electron chi connectivity index (χ0n) is 15.4. The van der Waals surface area contributed by atoms with Crippen LogP contribution < -0.4 is 10.6 Å². The van der Waals surface area contributed by atoms with Crippen LogP contribution in [0.1, 0.15) is 45.0 Å². The Hall–Kier alpha value is -2.90. The van der Waals surface area contributed by atoms with Crippen molar-refractivity contribution in [2.75, 3.05) is 5.32 Å². The topological polar surface area (TPSA) is 117 Å². The maximum Gasteiger partial charge on any atom is 0.319 e. The maximum atomic E-state index is 12.3. The summed E-state index contributed by atoms with van der Waals surface area (Å²) in [5.74, 6) is 0.120. The fourth-order valence-corrected chi connectivity index (χ4v) is 2.35. The average Bonchev–Trinajstić information content (AvgIpc) is 3.04. The van der Waals surface area contributed by atoms with E-state index in [2.05, 4.69) is 20.8 Å². The molecule has 8 nitrogen and oxygen atoms in total. The fraction of sp³-hybridized carbons (Fsp3) is 0.444. The summed E-state index contributed by atoms with van der Waals surface area (Å²) in [5.41, 5.74) is 1.56. The molecule has 3 N–H and O–H groups in total. The van der Waals surface area contributed by atoms with Crippen LogP contribution in [-0.4, -0.2) is 32.8 Å². The summed E-state index contributed by atoms with van der Waals surface area (Å²) < 4.78 is 5.23. The third kappa shape index (κ3) is 5.30. The van der Waals surface area contributed by atoms with E-state index in [0.29, 0.717) is 35.8 Å². The maximum absolute atomic E-state index is 12.3. The monoisotopic (exact) mass is 360 g/mol. The van der Waals surface area contributed by atoms with Crippen LogP contribution in [0.25, 0.3) is 11.5 Å². The summed E-state index contributed by atoms with van der Waals surface area (Å²) in [6.45, 7) is 7.38. The quantitative estimate of drug-likeness (QED) is 0.697. The molecule has 8 heteroatoms. The molecule has 0 aliphatic carbocycles. The van der Waals surface area contributed by atoms with Crippen molar-refractivity contribution >= 4 is 17.7 Å². The molecular weight excluding hydrogens is 336 g/mol. The minimum atomic E-state index is -0.894. The van der Waals surface area contributed by atoms with E-state index in [-0.39, 0.29) is 6.42 Å². The van der Waals surface area contributed by atoms with E-state index in [4.69, 9.17) is 9.63 Å². The number of anilines is 1. The van der Waals surface area contributed by atoms with Gasteiger partial charge < -0.3 is 20.3 Å². The SMILES string of the molecule is CCc1noc(-c2ccc(C)c(NC(=O)NC(C)(C)CCC(=O)O)c2)n1. The summed E-state index contributed by atoms with van der Waals surface area (Å²) in [4.78, 5) is 27.3. The van der Waals surface area contributed by atoms with E-state index < -0.39 is 17.5 Å². The lowest BCUT2D eigenvalue weighted by Crippen LogP contribution is -2.45. The first-order valence-electron chi connectivity index (χ1n) is 8.45. The van der Waals surface area contributed by atoms with Gasteiger partial charge in [-0.3, -0.25) is 4.79 Å². The Balaban J connectivity index is 2.09. The lowest BCUT2D eigenvalue weighted by atomic mass is 9.99. The number of aryl methyl sites for hydroxylation is 2. The van der Waals surface area contributed by atoms with E-state index in [9.17, 15) is 9.59 Å². The highest BCUT2D eigenvalue weighted by Crippen LogP contribution is 2.24. The summed E-state index contributed by atoms with van der Waals surface area (Å²) in [6.07, 6.45) is 0.990. The van der Waals surface area contributed by atoms with Gasteiger partial charge in [0.1, 0.15) is 0 Å². The number of amides is 2. The van der Waals surface area contributed by atoms with Crippen LogP contribution in [0.5, 0.6) is 0 Å². The number of hydrogen-bond acceptors (Lipinski definition) is 5. The number of aliphatic carboxylic acids is 1. The number of rotatable bonds is 7. The van der Waals surface area contributed by atoms with E-state index in [1.54, 1.807) is 19.9 Å². The minimum absolute atomic E-state index is 0.0152. The predicted molar refractivity (Wildman–Crippen MR) is 97.0 cm³/mol. The van der Waals surface area contributed by atoms with Gasteiger partial charge in [0.15, 0.2) is 5.82 Å². The second kappa shape index (κ2) is 7.99. The number of carbonyl (C=O) groups excluding carboxylic acids is 1. The molecule has 26 heavy (non-hydrogen) atoms. The van der Waals surface area contributed by atoms with Crippen molar-refractivity contribution in [3.05, 3.63) is 29.6 Å². The third-order valence-corrected chi connectivity index (χ3v) is 3.93. The number of urea groups is 1. The van der Waals surface area contributed by atoms with Crippen molar-refractivity contribution in [3.8, 4) is 11.5 Å². The van der Waals surface area contributed by atoms with Gasteiger partial charge in [-0.2, -0.15) is 4.98 Å². The van der Waals surface area contributed by atoms with E-state index >= 15 is 0 Å². The third-order valence-electron chi connectivity index (χ3n) is 3.93. The molecule has 2 rings (SSSR count). The normalized spacial score (nSPS) is 11.2. The molecule has 0 saturated heterocycles. The Morgan fingerprint density at radius 2 is 2.04 bits per heavy atom. The number of hydrogen-bond donors (Lipinski definition) is 3. The van der Waals surface area contributed by atoms with Crippen LogP contribution in [0.15, 0.2) is 22.7 Å². The molecule has 0 bridgehead atoms. The van der Waals surface area contributed by atoms with Gasteiger partial charge in [0, 0.05) is 29.6 Å². The smallest absolute Gasteiger partial charge is 0.319 e. The number of carbonyl (C=O) groups is 2. The lowest BCUT2D eigenvalue weighted by Gasteiger charge is -2.26. The van der Waals surface area contributed by atoms with Crippen LogP contribution in [0.4, 0.5) is 10.5 Å². The van der Waals surface area contributed by atoms with Crippen LogP contribution in [0, 0.1) is 6.92 Å². The number of aromatic nitrogens is 2. The van der Waals surface area contributed by atoms with Crippen LogP contribution in [0.3, 0.4) is 0 Å². The van der Waals surface area contributed by atoms with Crippen molar-refractivity contribution in [1.29, 1.82) is 0 Å². The van der Waals surface area contributed by atoms with Crippen molar-refractivity contribution in [3.63, 3.8) is 0 Å². The Morgan fingerprint density at radius 3 is 2.65 bits per heavy atom. The molecule has 2 amide bonds. The van der Waals surface area contributed by atoms with E-state index in [0.717, 1.165) is 5.56 Å². The van der Waals surface area contributed by atoms with Crippen molar-refractivity contribution in [2.24, 2.45) is 0 Å². The summed E-state index contributed by atoms with van der Waals surface area (Å²) >= 11 is 0. The molecule has 0 saturated carbocycles. The molecule has 0 aliphatic heterocycles. The number of carboxylic acid groups (broad SMARTS) is 1. The predicted octanol–water partition coefficient (Wildman–Crippen LogP) is 3.37. The van der Waals surface area contributed by atoms with Gasteiger partial charge in [-0.25, -0.2) is 4.79 Å². The fourth-order valence-electron chi connectivity index (χ4n) is 2.35. The Labute approximate surface area is 152 Å². The van der Waals surface area contributed by atoms with Gasteiger partial charge >= 0.3 is 12.0 Å². The van der Waals surface area contributed by atoms with Gasteiger partial charge in [0.05, 0.1) is 0 Å². The second-order valence-corrected chi connectivity index (χ2v) is 6.76. The lowest BCUT2D eigenvalue weighted by molar-refractivity contribution is -0.137. The highest BCUT2D eigenvalue weighted by atomic mass is 16.5. The highest BCUT2D eigenvalue weighted by molar-refractivity contribution is 5.91. The molecule has 1 heterocycles. The molecule has 0 radical (unpaired) electrons. The first-order chi connectivity index (χ1) is 12.2. The van der Waals surface area contributed by atoms with Crippen LogP contribution in [0.2, 0.25) is 0 Å². The molecule has 1 aromatic carbocycles. The zero-order valence-corrected chi connectivity index (χ0v) is 15.4. The van der Waals surface area contributed by atoms with Crippen LogP contribution >= 0.6 is 0 Å². The number of nitrogens with one attached hydrogen (secondary N) is 2. The van der Waals surface area contributed by atoms with E-state index in [1.165, 1.54) is 0 Å². The molecule has 0 spiro atoms. The summed E-state index contributed by atoms with van der Waals surface area (Å²) in [5, 5.41) is 18.3. The summed E-state index contributed by atoms with van der Waals surface area (Å²) in [6, 6.07) is 5.07. The Morgan fingerprint density at radius 1 is 1.31 bits per heavy atom. The van der Waals surface area contributed by atoms with E-state index in [1.807, 2.05) is 26.0 Å². The largest absolute Gasteiger partial charge is 0.481 e. The standard InChI is InChI=1S/C18H24N4O4/c1-5-14-20-16(26-22-14)12-7-6-11(2)13(10-12)19-17(25)21-18(3,4)9-8-15(23)24/h6-7,10H,5,8-9H2,1-4H3,(H,23,24)(H2,19,21,25). The Bertz CT molecular complexity index is 798. The minimum Gasteiger partial charge on any atom is -0.481 e. The molecule has 140 valence electrons. The molecule has 0 unspecified atom stereocenters. The first-order valence-corrected chi connectivity index (χ1v) is 8.45. The first kappa shape index (κ1) is 19.4. The molecule has 2 aromatic rings. The molecule has 1 aromatic heterocycles. The Kier molecular flexibility index (Phi) is 5.97. The molecule has 0 fully saturated rings. The highest BCUT2D eigenvalue weighted by Gasteiger charge is 2.22. The van der Waals surface area contributed by atoms with Gasteiger partial charge in [-0.05, 0) is 44.9 Å². The number of nitrogens with zero attached hydrogens (tertiary/aromatic N) is 2. The molecule has 0 aliphatic rings.